The fourth-order valence-corrected chi connectivity index (χ4v) is 3.18. The monoisotopic (exact) mass is 435 g/mol. The third-order valence-electron chi connectivity index (χ3n) is 2.66. The van der Waals surface area contributed by atoms with E-state index in [-0.39, 0.29) is 5.38 Å². The molecule has 1 nitrogen and oxygen atoms in total. The maximum absolute atomic E-state index is 6.48. The Kier molecular flexibility index (Phi) is 5.04. The fraction of sp³-hybridized carbons (Fsp3) is 0.214. The van der Waals surface area contributed by atoms with E-state index in [1.807, 2.05) is 25.3 Å². The van der Waals surface area contributed by atoms with E-state index in [1.165, 1.54) is 9.13 Å². The second-order valence-corrected chi connectivity index (χ2v) is 6.79. The standard InChI is InChI=1S/C14H12BrClIN/c1-9-2-4-11(18-8-9)7-14(16)12-6-10(17)3-5-13(12)15/h2-6,8,14H,7H2,1H3. The molecule has 0 spiro atoms. The lowest BCUT2D eigenvalue weighted by Crippen LogP contribution is -1.99. The molecule has 1 aromatic heterocycles. The summed E-state index contributed by atoms with van der Waals surface area (Å²) in [6, 6.07) is 10.3. The maximum atomic E-state index is 6.48. The van der Waals surface area contributed by atoms with Gasteiger partial charge in [0.25, 0.3) is 0 Å². The Balaban J connectivity index is 2.18. The molecule has 1 heterocycles. The average Bonchev–Trinajstić information content (AvgIpc) is 2.35. The van der Waals surface area contributed by atoms with Gasteiger partial charge >= 0.3 is 0 Å². The Hall–Kier alpha value is -0.130. The number of benzene rings is 1. The Morgan fingerprint density at radius 2 is 2.11 bits per heavy atom. The average molecular weight is 437 g/mol. The van der Waals surface area contributed by atoms with E-state index in [0.29, 0.717) is 0 Å². The first kappa shape index (κ1) is 14.3. The summed E-state index contributed by atoms with van der Waals surface area (Å²) < 4.78 is 2.24. The predicted molar refractivity (Wildman–Crippen MR) is 88.1 cm³/mol. The molecule has 0 aliphatic carbocycles. The summed E-state index contributed by atoms with van der Waals surface area (Å²) >= 11 is 12.3. The van der Waals surface area contributed by atoms with Crippen LogP contribution in [0.25, 0.3) is 0 Å². The number of aryl methyl sites for hydroxylation is 1. The van der Waals surface area contributed by atoms with Gasteiger partial charge in [-0.2, -0.15) is 0 Å². The molecule has 1 aromatic carbocycles. The molecule has 1 atom stereocenters. The van der Waals surface area contributed by atoms with Gasteiger partial charge in [0.2, 0.25) is 0 Å². The molecule has 2 aromatic rings. The highest BCUT2D eigenvalue weighted by molar-refractivity contribution is 14.1. The van der Waals surface area contributed by atoms with Crippen molar-refractivity contribution in [3.8, 4) is 0 Å². The van der Waals surface area contributed by atoms with Crippen molar-refractivity contribution in [2.24, 2.45) is 0 Å². The number of pyridine rings is 1. The van der Waals surface area contributed by atoms with Crippen molar-refractivity contribution >= 4 is 50.1 Å². The summed E-state index contributed by atoms with van der Waals surface area (Å²) in [4.78, 5) is 4.39. The number of aromatic nitrogens is 1. The lowest BCUT2D eigenvalue weighted by molar-refractivity contribution is 0.874. The zero-order valence-electron chi connectivity index (χ0n) is 9.83. The molecule has 1 unspecified atom stereocenters. The van der Waals surface area contributed by atoms with E-state index in [9.17, 15) is 0 Å². The minimum Gasteiger partial charge on any atom is -0.261 e. The van der Waals surface area contributed by atoms with E-state index in [4.69, 9.17) is 11.6 Å². The summed E-state index contributed by atoms with van der Waals surface area (Å²) in [5.74, 6) is 0. The van der Waals surface area contributed by atoms with Crippen LogP contribution in [0.1, 0.15) is 22.2 Å². The summed E-state index contributed by atoms with van der Waals surface area (Å²) in [5.41, 5.74) is 3.30. The van der Waals surface area contributed by atoms with Gasteiger partial charge in [-0.1, -0.05) is 22.0 Å². The quantitative estimate of drug-likeness (QED) is 0.471. The van der Waals surface area contributed by atoms with Crippen molar-refractivity contribution < 1.29 is 0 Å². The number of alkyl halides is 1. The SMILES string of the molecule is Cc1ccc(CC(Cl)c2cc(I)ccc2Br)nc1. The molecule has 0 aliphatic rings. The Morgan fingerprint density at radius 1 is 1.33 bits per heavy atom. The van der Waals surface area contributed by atoms with Crippen LogP contribution in [0, 0.1) is 10.5 Å². The van der Waals surface area contributed by atoms with Crippen LogP contribution in [0.15, 0.2) is 41.0 Å². The van der Waals surface area contributed by atoms with Gasteiger partial charge in [-0.15, -0.1) is 11.6 Å². The van der Waals surface area contributed by atoms with Gasteiger partial charge in [-0.25, -0.2) is 0 Å². The van der Waals surface area contributed by atoms with Gasteiger partial charge in [0.15, 0.2) is 0 Å². The van der Waals surface area contributed by atoms with Crippen molar-refractivity contribution in [3.05, 3.63) is 61.4 Å². The Labute approximate surface area is 134 Å². The second kappa shape index (κ2) is 6.35. The molecular weight excluding hydrogens is 424 g/mol. The number of rotatable bonds is 3. The van der Waals surface area contributed by atoms with Crippen LogP contribution in [0.5, 0.6) is 0 Å². The van der Waals surface area contributed by atoms with Gasteiger partial charge in [-0.05, 0) is 64.9 Å². The molecule has 0 saturated carbocycles. The van der Waals surface area contributed by atoms with E-state index < -0.39 is 0 Å². The summed E-state index contributed by atoms with van der Waals surface area (Å²) in [6.07, 6.45) is 2.61. The largest absolute Gasteiger partial charge is 0.261 e. The molecule has 0 saturated heterocycles. The van der Waals surface area contributed by atoms with Crippen molar-refractivity contribution in [1.29, 1.82) is 0 Å². The van der Waals surface area contributed by atoms with Gasteiger partial charge in [0, 0.05) is 26.4 Å². The third-order valence-corrected chi connectivity index (χ3v) is 4.44. The molecule has 94 valence electrons. The predicted octanol–water partition coefficient (Wildman–Crippen LogP) is 5.28. The molecule has 0 bridgehead atoms. The third kappa shape index (κ3) is 3.68. The van der Waals surface area contributed by atoms with Crippen LogP contribution >= 0.6 is 50.1 Å². The maximum Gasteiger partial charge on any atom is 0.0652 e. The molecule has 4 heteroatoms. The lowest BCUT2D eigenvalue weighted by Gasteiger charge is -2.12. The Morgan fingerprint density at radius 3 is 2.78 bits per heavy atom. The topological polar surface area (TPSA) is 12.9 Å². The van der Waals surface area contributed by atoms with Gasteiger partial charge in [-0.3, -0.25) is 4.98 Å². The molecule has 18 heavy (non-hydrogen) atoms. The summed E-state index contributed by atoms with van der Waals surface area (Å²) in [5, 5.41) is -0.0655. The van der Waals surface area contributed by atoms with Crippen molar-refractivity contribution in [2.75, 3.05) is 0 Å². The zero-order chi connectivity index (χ0) is 13.1. The Bertz CT molecular complexity index is 542. The first-order valence-electron chi connectivity index (χ1n) is 5.57. The highest BCUT2D eigenvalue weighted by atomic mass is 127. The number of nitrogens with zero attached hydrogens (tertiary/aromatic N) is 1. The molecule has 0 radical (unpaired) electrons. The molecular formula is C14H12BrClIN. The van der Waals surface area contributed by atoms with Crippen molar-refractivity contribution in [2.45, 2.75) is 18.7 Å². The van der Waals surface area contributed by atoms with Gasteiger partial charge < -0.3 is 0 Å². The van der Waals surface area contributed by atoms with E-state index >= 15 is 0 Å². The smallest absolute Gasteiger partial charge is 0.0652 e. The number of hydrogen-bond acceptors (Lipinski definition) is 1. The molecule has 2 rings (SSSR count). The molecule has 0 aliphatic heterocycles. The molecule has 0 N–H and O–H groups in total. The highest BCUT2D eigenvalue weighted by Crippen LogP contribution is 2.31. The van der Waals surface area contributed by atoms with Gasteiger partial charge in [0.1, 0.15) is 0 Å². The van der Waals surface area contributed by atoms with Crippen LogP contribution in [0.4, 0.5) is 0 Å². The van der Waals surface area contributed by atoms with Crippen molar-refractivity contribution in [1.82, 2.24) is 4.98 Å². The van der Waals surface area contributed by atoms with Crippen LogP contribution in [0.2, 0.25) is 0 Å². The van der Waals surface area contributed by atoms with Crippen LogP contribution in [-0.2, 0) is 6.42 Å². The molecule has 0 fully saturated rings. The van der Waals surface area contributed by atoms with Gasteiger partial charge in [0.05, 0.1) is 5.38 Å². The van der Waals surface area contributed by atoms with Crippen LogP contribution in [0.3, 0.4) is 0 Å². The minimum atomic E-state index is -0.0655. The van der Waals surface area contributed by atoms with E-state index in [2.05, 4.69) is 61.7 Å². The summed E-state index contributed by atoms with van der Waals surface area (Å²) in [6.45, 7) is 2.03. The normalized spacial score (nSPS) is 12.4. The highest BCUT2D eigenvalue weighted by Gasteiger charge is 2.13. The minimum absolute atomic E-state index is 0.0655. The fourth-order valence-electron chi connectivity index (χ4n) is 1.67. The first-order valence-corrected chi connectivity index (χ1v) is 7.87. The number of hydrogen-bond donors (Lipinski definition) is 0. The van der Waals surface area contributed by atoms with E-state index in [1.54, 1.807) is 0 Å². The summed E-state index contributed by atoms with van der Waals surface area (Å²) in [7, 11) is 0. The van der Waals surface area contributed by atoms with E-state index in [0.717, 1.165) is 22.2 Å². The first-order chi connectivity index (χ1) is 8.56. The zero-order valence-corrected chi connectivity index (χ0v) is 14.3. The second-order valence-electron chi connectivity index (χ2n) is 4.16. The van der Waals surface area contributed by atoms with Crippen LogP contribution < -0.4 is 0 Å². The molecule has 0 amide bonds. The van der Waals surface area contributed by atoms with Crippen molar-refractivity contribution in [3.63, 3.8) is 0 Å². The number of halogens is 3. The lowest BCUT2D eigenvalue weighted by atomic mass is 10.1. The van der Waals surface area contributed by atoms with Crippen LogP contribution in [-0.4, -0.2) is 4.98 Å².